The molecule has 0 radical (unpaired) electrons. The van der Waals surface area contributed by atoms with Crippen LogP contribution in [0.1, 0.15) is 45.3 Å². The van der Waals surface area contributed by atoms with Crippen LogP contribution in [-0.2, 0) is 11.3 Å². The minimum Gasteiger partial charge on any atom is -0.467 e. The van der Waals surface area contributed by atoms with E-state index in [-0.39, 0.29) is 11.0 Å². The summed E-state index contributed by atoms with van der Waals surface area (Å²) in [5, 5.41) is 0. The highest BCUT2D eigenvalue weighted by Gasteiger charge is 2.41. The van der Waals surface area contributed by atoms with Crippen LogP contribution in [0.25, 0.3) is 0 Å². The molecule has 3 heterocycles. The van der Waals surface area contributed by atoms with Gasteiger partial charge in [-0.2, -0.15) is 0 Å². The minimum atomic E-state index is -0.0608. The average Bonchev–Trinajstić information content (AvgIpc) is 3.11. The van der Waals surface area contributed by atoms with E-state index in [4.69, 9.17) is 14.1 Å². The highest BCUT2D eigenvalue weighted by molar-refractivity contribution is 5.66. The molecule has 0 amide bonds. The van der Waals surface area contributed by atoms with Crippen molar-refractivity contribution in [2.24, 2.45) is 10.4 Å². The number of hydrogen-bond donors (Lipinski definition) is 0. The first-order valence-corrected chi connectivity index (χ1v) is 8.47. The van der Waals surface area contributed by atoms with Crippen molar-refractivity contribution in [2.75, 3.05) is 26.2 Å². The molecule has 0 aromatic carbocycles. The van der Waals surface area contributed by atoms with Gasteiger partial charge in [0.1, 0.15) is 5.76 Å². The normalized spacial score (nSPS) is 29.4. The van der Waals surface area contributed by atoms with Gasteiger partial charge in [0.2, 0.25) is 0 Å². The Labute approximate surface area is 133 Å². The fourth-order valence-electron chi connectivity index (χ4n) is 3.92. The zero-order valence-electron chi connectivity index (χ0n) is 13.9. The zero-order chi connectivity index (χ0) is 15.5. The van der Waals surface area contributed by atoms with Crippen molar-refractivity contribution >= 4 is 6.21 Å². The molecule has 22 heavy (non-hydrogen) atoms. The molecule has 0 bridgehead atoms. The first-order valence-electron chi connectivity index (χ1n) is 8.47. The van der Waals surface area contributed by atoms with Gasteiger partial charge >= 0.3 is 0 Å². The van der Waals surface area contributed by atoms with E-state index in [1.807, 2.05) is 12.1 Å². The van der Waals surface area contributed by atoms with Crippen LogP contribution in [0.4, 0.5) is 0 Å². The second kappa shape index (κ2) is 6.55. The van der Waals surface area contributed by atoms with Gasteiger partial charge in [-0.15, -0.1) is 0 Å². The van der Waals surface area contributed by atoms with Gasteiger partial charge in [-0.05, 0) is 64.8 Å². The van der Waals surface area contributed by atoms with Gasteiger partial charge in [0.05, 0.1) is 18.4 Å². The number of hydrogen-bond acceptors (Lipinski definition) is 4. The van der Waals surface area contributed by atoms with Crippen LogP contribution in [0.15, 0.2) is 27.8 Å². The molecule has 3 rings (SSSR count). The van der Waals surface area contributed by atoms with E-state index in [9.17, 15) is 0 Å². The molecule has 2 saturated heterocycles. The van der Waals surface area contributed by atoms with Gasteiger partial charge in [0.15, 0.2) is 0 Å². The molecule has 0 N–H and O–H groups in total. The maximum Gasteiger partial charge on any atom is 0.125 e. The van der Waals surface area contributed by atoms with Crippen LogP contribution in [0.3, 0.4) is 0 Å². The van der Waals surface area contributed by atoms with Gasteiger partial charge in [0.25, 0.3) is 0 Å². The lowest BCUT2D eigenvalue weighted by atomic mass is 9.74. The molecule has 2 aliphatic heterocycles. The summed E-state index contributed by atoms with van der Waals surface area (Å²) in [6, 6.07) is 3.90. The van der Waals surface area contributed by atoms with Gasteiger partial charge in [-0.3, -0.25) is 4.99 Å². The molecule has 1 unspecified atom stereocenters. The second-order valence-electron chi connectivity index (χ2n) is 7.43. The van der Waals surface area contributed by atoms with E-state index >= 15 is 0 Å². The van der Waals surface area contributed by atoms with E-state index < -0.39 is 0 Å². The number of nitrogens with zero attached hydrogens (tertiary/aromatic N) is 2. The molecule has 4 heteroatoms. The average molecular weight is 304 g/mol. The largest absolute Gasteiger partial charge is 0.467 e. The Kier molecular flexibility index (Phi) is 4.69. The molecule has 122 valence electrons. The molecule has 0 aliphatic carbocycles. The fraction of sp³-hybridized carbons (Fsp3) is 0.722. The Bertz CT molecular complexity index is 489. The van der Waals surface area contributed by atoms with Crippen molar-refractivity contribution in [1.29, 1.82) is 0 Å². The molecule has 2 fully saturated rings. The minimum absolute atomic E-state index is 0.0608. The maximum atomic E-state index is 5.94. The predicted octanol–water partition coefficient (Wildman–Crippen LogP) is 3.52. The Balaban J connectivity index is 1.71. The highest BCUT2D eigenvalue weighted by atomic mass is 16.5. The van der Waals surface area contributed by atoms with Crippen LogP contribution < -0.4 is 0 Å². The molecular formula is C18H28N2O2. The Morgan fingerprint density at radius 3 is 2.82 bits per heavy atom. The summed E-state index contributed by atoms with van der Waals surface area (Å²) in [6.07, 6.45) is 8.69. The van der Waals surface area contributed by atoms with Crippen LogP contribution in [0.5, 0.6) is 0 Å². The number of furan rings is 1. The molecule has 4 nitrogen and oxygen atoms in total. The Hall–Kier alpha value is -1.13. The predicted molar refractivity (Wildman–Crippen MR) is 88.3 cm³/mol. The molecule has 2 aliphatic rings. The van der Waals surface area contributed by atoms with Crippen LogP contribution >= 0.6 is 0 Å². The Morgan fingerprint density at radius 1 is 1.32 bits per heavy atom. The van der Waals surface area contributed by atoms with E-state index in [1.54, 1.807) is 6.26 Å². The van der Waals surface area contributed by atoms with Crippen LogP contribution in [-0.4, -0.2) is 43.0 Å². The monoisotopic (exact) mass is 304 g/mol. The van der Waals surface area contributed by atoms with E-state index in [2.05, 4.69) is 25.0 Å². The number of aliphatic imine (C=N–C) groups is 1. The van der Waals surface area contributed by atoms with Crippen molar-refractivity contribution in [3.63, 3.8) is 0 Å². The SMILES string of the molecule is CC1(C)CC(C=NCc2ccco2)(CN2CCCC2)CCO1. The smallest absolute Gasteiger partial charge is 0.125 e. The molecule has 1 aromatic rings. The van der Waals surface area contributed by atoms with Crippen molar-refractivity contribution in [1.82, 2.24) is 4.90 Å². The summed E-state index contributed by atoms with van der Waals surface area (Å²) in [4.78, 5) is 7.31. The maximum absolute atomic E-state index is 5.94. The lowest BCUT2D eigenvalue weighted by molar-refractivity contribution is -0.0897. The van der Waals surface area contributed by atoms with Crippen molar-refractivity contribution in [3.8, 4) is 0 Å². The van der Waals surface area contributed by atoms with Crippen LogP contribution in [0, 0.1) is 5.41 Å². The Morgan fingerprint density at radius 2 is 2.14 bits per heavy atom. The summed E-state index contributed by atoms with van der Waals surface area (Å²) < 4.78 is 11.3. The molecule has 0 saturated carbocycles. The number of likely N-dealkylation sites (tertiary alicyclic amines) is 1. The highest BCUT2D eigenvalue weighted by Crippen LogP contribution is 2.39. The number of rotatable bonds is 5. The van der Waals surface area contributed by atoms with Crippen molar-refractivity contribution < 1.29 is 9.15 Å². The standard InChI is InChI=1S/C18H28N2O2/c1-17(2)13-18(7-11-22-17,15-20-8-3-4-9-20)14-19-12-16-6-5-10-21-16/h5-6,10,14H,3-4,7-9,11-13,15H2,1-2H3. The summed E-state index contributed by atoms with van der Waals surface area (Å²) in [6.45, 7) is 9.44. The third-order valence-electron chi connectivity index (χ3n) is 4.80. The molecule has 1 aromatic heterocycles. The van der Waals surface area contributed by atoms with Gasteiger partial charge in [-0.1, -0.05) is 0 Å². The summed E-state index contributed by atoms with van der Waals surface area (Å²) in [7, 11) is 0. The lowest BCUT2D eigenvalue weighted by Crippen LogP contribution is -2.48. The quantitative estimate of drug-likeness (QED) is 0.781. The third kappa shape index (κ3) is 3.99. The first-order chi connectivity index (χ1) is 10.6. The van der Waals surface area contributed by atoms with Gasteiger partial charge in [-0.25, -0.2) is 0 Å². The lowest BCUT2D eigenvalue weighted by Gasteiger charge is -2.44. The van der Waals surface area contributed by atoms with Crippen molar-refractivity contribution in [3.05, 3.63) is 24.2 Å². The van der Waals surface area contributed by atoms with Gasteiger partial charge in [0, 0.05) is 24.8 Å². The third-order valence-corrected chi connectivity index (χ3v) is 4.80. The summed E-state index contributed by atoms with van der Waals surface area (Å²) in [5.74, 6) is 0.930. The zero-order valence-corrected chi connectivity index (χ0v) is 13.9. The fourth-order valence-corrected chi connectivity index (χ4v) is 3.92. The van der Waals surface area contributed by atoms with Crippen molar-refractivity contribution in [2.45, 2.75) is 51.7 Å². The molecule has 1 atom stereocenters. The van der Waals surface area contributed by atoms with Crippen LogP contribution in [0.2, 0.25) is 0 Å². The first kappa shape index (κ1) is 15.8. The summed E-state index contributed by atoms with van der Waals surface area (Å²) in [5.41, 5.74) is 0.0767. The topological polar surface area (TPSA) is 38.0 Å². The van der Waals surface area contributed by atoms with E-state index in [0.29, 0.717) is 6.54 Å². The second-order valence-corrected chi connectivity index (χ2v) is 7.43. The molecule has 0 spiro atoms. The summed E-state index contributed by atoms with van der Waals surface area (Å²) >= 11 is 0. The van der Waals surface area contributed by atoms with E-state index in [0.717, 1.165) is 31.8 Å². The van der Waals surface area contributed by atoms with E-state index in [1.165, 1.54) is 25.9 Å². The molecular weight excluding hydrogens is 276 g/mol. The number of ether oxygens (including phenoxy) is 1. The van der Waals surface area contributed by atoms with Gasteiger partial charge < -0.3 is 14.1 Å².